The normalized spacial score (nSPS) is 21.6. The fourth-order valence-corrected chi connectivity index (χ4v) is 3.10. The second-order valence-electron chi connectivity index (χ2n) is 7.62. The van der Waals surface area contributed by atoms with Crippen LogP contribution in [0.5, 0.6) is 0 Å². The van der Waals surface area contributed by atoms with Crippen molar-refractivity contribution < 1.29 is 19.5 Å². The number of hydrogen-bond acceptors (Lipinski definition) is 6. The zero-order chi connectivity index (χ0) is 19.6. The molecule has 4 aliphatic rings. The maximum Gasteiger partial charge on any atom is 0.306 e. The van der Waals surface area contributed by atoms with Gasteiger partial charge in [0.2, 0.25) is 11.6 Å². The highest BCUT2D eigenvalue weighted by molar-refractivity contribution is 6.22. The van der Waals surface area contributed by atoms with Gasteiger partial charge in [0.05, 0.1) is 11.6 Å². The molecule has 0 aromatic heterocycles. The molecule has 1 aliphatic carbocycles. The summed E-state index contributed by atoms with van der Waals surface area (Å²) in [6, 6.07) is 0. The predicted molar refractivity (Wildman–Crippen MR) is 101 cm³/mol. The van der Waals surface area contributed by atoms with Gasteiger partial charge in [-0.25, -0.2) is 0 Å². The third-order valence-electron chi connectivity index (χ3n) is 5.15. The lowest BCUT2D eigenvalue weighted by Crippen LogP contribution is -2.29. The topological polar surface area (TPSA) is 80.5 Å². The van der Waals surface area contributed by atoms with Crippen LogP contribution >= 0.6 is 0 Å². The Morgan fingerprint density at radius 2 is 1.56 bits per heavy atom. The van der Waals surface area contributed by atoms with Gasteiger partial charge in [-0.3, -0.25) is 14.4 Å². The van der Waals surface area contributed by atoms with Crippen LogP contribution in [0.2, 0.25) is 0 Å². The monoisotopic (exact) mass is 375 g/mol. The minimum Gasteiger partial charge on any atom is -0.481 e. The lowest BCUT2D eigenvalue weighted by Gasteiger charge is -2.21. The Balaban J connectivity index is 0.000000183. The van der Waals surface area contributed by atoms with E-state index in [1.165, 1.54) is 6.08 Å². The van der Waals surface area contributed by atoms with E-state index in [0.717, 1.165) is 65.0 Å². The van der Waals surface area contributed by atoms with Gasteiger partial charge in [0.15, 0.2) is 0 Å². The quantitative estimate of drug-likeness (QED) is 0.391. The smallest absolute Gasteiger partial charge is 0.306 e. The highest BCUT2D eigenvalue weighted by Gasteiger charge is 2.43. The molecule has 0 saturated carbocycles. The van der Waals surface area contributed by atoms with Crippen LogP contribution in [0.25, 0.3) is 0 Å². The summed E-state index contributed by atoms with van der Waals surface area (Å²) in [4.78, 5) is 40.8. The summed E-state index contributed by atoms with van der Waals surface area (Å²) in [6.45, 7) is 9.28. The fraction of sp³-hybridized carbons (Fsp3) is 0.650. The van der Waals surface area contributed by atoms with Crippen molar-refractivity contribution in [1.82, 2.24) is 14.7 Å². The lowest BCUT2D eigenvalue weighted by atomic mass is 10.0. The molecule has 3 saturated heterocycles. The molecule has 1 atom stereocenters. The summed E-state index contributed by atoms with van der Waals surface area (Å²) in [5.74, 6) is -0.782. The Kier molecular flexibility index (Phi) is 5.87. The van der Waals surface area contributed by atoms with Crippen molar-refractivity contribution in [2.45, 2.75) is 39.5 Å². The Bertz CT molecular complexity index is 685. The van der Waals surface area contributed by atoms with Crippen molar-refractivity contribution in [3.63, 3.8) is 0 Å². The molecule has 1 N–H and O–H groups in total. The van der Waals surface area contributed by atoms with Gasteiger partial charge < -0.3 is 19.8 Å². The molecule has 0 aromatic carbocycles. The average molecular weight is 375 g/mol. The van der Waals surface area contributed by atoms with Gasteiger partial charge in [0, 0.05) is 45.3 Å². The van der Waals surface area contributed by atoms with E-state index in [9.17, 15) is 14.4 Å². The summed E-state index contributed by atoms with van der Waals surface area (Å²) in [5.41, 5.74) is 1.89. The molecule has 0 radical (unpaired) electrons. The highest BCUT2D eigenvalue weighted by atomic mass is 16.4. The van der Waals surface area contributed by atoms with Crippen molar-refractivity contribution >= 4 is 17.5 Å². The maximum atomic E-state index is 12.4. The van der Waals surface area contributed by atoms with E-state index in [2.05, 4.69) is 6.92 Å². The molecular formula is C20H29N3O4. The molecule has 7 nitrogen and oxygen atoms in total. The molecule has 0 spiro atoms. The van der Waals surface area contributed by atoms with E-state index in [-0.39, 0.29) is 17.5 Å². The van der Waals surface area contributed by atoms with Gasteiger partial charge in [-0.1, -0.05) is 33.1 Å². The average Bonchev–Trinajstić information content (AvgIpc) is 3.49. The Labute approximate surface area is 160 Å². The first-order valence-electron chi connectivity index (χ1n) is 9.96. The van der Waals surface area contributed by atoms with E-state index >= 15 is 0 Å². The van der Waals surface area contributed by atoms with Gasteiger partial charge in [-0.05, 0) is 6.42 Å². The van der Waals surface area contributed by atoms with Crippen LogP contribution in [-0.4, -0.2) is 76.6 Å². The molecule has 148 valence electrons. The summed E-state index contributed by atoms with van der Waals surface area (Å²) >= 11 is 0. The first kappa shape index (κ1) is 19.5. The summed E-state index contributed by atoms with van der Waals surface area (Å²) in [7, 11) is 0. The molecule has 0 amide bonds. The van der Waals surface area contributed by atoms with Crippen molar-refractivity contribution in [3.8, 4) is 0 Å². The summed E-state index contributed by atoms with van der Waals surface area (Å²) < 4.78 is 0. The van der Waals surface area contributed by atoms with Gasteiger partial charge >= 0.3 is 5.97 Å². The van der Waals surface area contributed by atoms with Crippen molar-refractivity contribution in [3.05, 3.63) is 23.2 Å². The summed E-state index contributed by atoms with van der Waals surface area (Å²) in [6.07, 6.45) is 5.70. The predicted octanol–water partition coefficient (Wildman–Crippen LogP) is 1.47. The molecule has 1 unspecified atom stereocenters. The number of carboxylic acid groups (broad SMARTS) is 1. The van der Waals surface area contributed by atoms with Crippen LogP contribution in [0, 0.1) is 5.92 Å². The molecule has 0 bridgehead atoms. The number of carbonyl (C=O) groups is 3. The third kappa shape index (κ3) is 4.90. The molecule has 7 heteroatoms. The van der Waals surface area contributed by atoms with Gasteiger partial charge in [-0.2, -0.15) is 0 Å². The molecular weight excluding hydrogens is 346 g/mol. The van der Waals surface area contributed by atoms with E-state index in [1.807, 2.05) is 14.7 Å². The summed E-state index contributed by atoms with van der Waals surface area (Å²) in [5, 5.41) is 8.48. The molecule has 4 rings (SSSR count). The molecule has 3 heterocycles. The van der Waals surface area contributed by atoms with E-state index in [0.29, 0.717) is 17.1 Å². The van der Waals surface area contributed by atoms with Crippen molar-refractivity contribution in [1.29, 1.82) is 0 Å². The highest BCUT2D eigenvalue weighted by Crippen LogP contribution is 2.33. The largest absolute Gasteiger partial charge is 0.481 e. The molecule has 3 fully saturated rings. The SMILES string of the molecule is CCCCCC(C)C(=O)O.O=C1C=C(N2CC2)C(=O)C(N2CC2)=C1N1CC1. The van der Waals surface area contributed by atoms with E-state index in [4.69, 9.17) is 5.11 Å². The van der Waals surface area contributed by atoms with Crippen LogP contribution < -0.4 is 0 Å². The fourth-order valence-electron chi connectivity index (χ4n) is 3.10. The third-order valence-corrected chi connectivity index (χ3v) is 5.15. The number of aliphatic carboxylic acids is 1. The lowest BCUT2D eigenvalue weighted by molar-refractivity contribution is -0.141. The minimum atomic E-state index is -0.670. The van der Waals surface area contributed by atoms with Gasteiger partial charge in [0.1, 0.15) is 11.4 Å². The van der Waals surface area contributed by atoms with Gasteiger partial charge in [0.25, 0.3) is 0 Å². The second kappa shape index (κ2) is 8.15. The number of nitrogens with zero attached hydrogens (tertiary/aromatic N) is 3. The number of rotatable bonds is 8. The second-order valence-corrected chi connectivity index (χ2v) is 7.62. The molecule has 27 heavy (non-hydrogen) atoms. The maximum absolute atomic E-state index is 12.4. The first-order chi connectivity index (χ1) is 12.9. The van der Waals surface area contributed by atoms with Crippen LogP contribution in [0.4, 0.5) is 0 Å². The number of allylic oxidation sites excluding steroid dienone is 1. The number of Topliss-reactive ketones (excluding diaryl/α,β-unsaturated/α-hetero) is 1. The Morgan fingerprint density at radius 3 is 2.04 bits per heavy atom. The Morgan fingerprint density at radius 1 is 1.00 bits per heavy atom. The van der Waals surface area contributed by atoms with Crippen LogP contribution in [0.3, 0.4) is 0 Å². The van der Waals surface area contributed by atoms with Crippen LogP contribution in [0.1, 0.15) is 39.5 Å². The minimum absolute atomic E-state index is 0.00546. The van der Waals surface area contributed by atoms with Crippen molar-refractivity contribution in [2.24, 2.45) is 5.92 Å². The number of ketones is 2. The number of unbranched alkanes of at least 4 members (excludes halogenated alkanes) is 2. The van der Waals surface area contributed by atoms with Crippen LogP contribution in [-0.2, 0) is 14.4 Å². The van der Waals surface area contributed by atoms with Crippen LogP contribution in [0.15, 0.2) is 23.2 Å². The number of hydrogen-bond donors (Lipinski definition) is 1. The van der Waals surface area contributed by atoms with E-state index in [1.54, 1.807) is 6.92 Å². The molecule has 3 aliphatic heterocycles. The van der Waals surface area contributed by atoms with Crippen molar-refractivity contribution in [2.75, 3.05) is 39.3 Å². The molecule has 0 aromatic rings. The van der Waals surface area contributed by atoms with Gasteiger partial charge in [-0.15, -0.1) is 0 Å². The Hall–Kier alpha value is -2.31. The zero-order valence-electron chi connectivity index (χ0n) is 16.2. The first-order valence-corrected chi connectivity index (χ1v) is 9.96. The van der Waals surface area contributed by atoms with E-state index < -0.39 is 5.97 Å². The standard InChI is InChI=1S/C12H13N3O2.C8H16O2/c16-9-7-8(13-1-2-13)12(17)11(15-5-6-15)10(9)14-3-4-14;1-3-4-5-6-7(2)8(9)10/h7H,1-6H2;7H,3-6H2,1-2H3,(H,9,10). The zero-order valence-corrected chi connectivity index (χ0v) is 16.2. The number of carboxylic acids is 1. The number of carbonyl (C=O) groups excluding carboxylic acids is 2.